The normalized spacial score (nSPS) is 18.9. The molecule has 0 atom stereocenters. The molecular formula is C25H27ClF2N2. The van der Waals surface area contributed by atoms with Crippen LogP contribution in [0.1, 0.15) is 63.0 Å². The largest absolute Gasteiger partial charge is 0.236 e. The highest BCUT2D eigenvalue weighted by Gasteiger charge is 2.18. The zero-order valence-electron chi connectivity index (χ0n) is 17.3. The molecule has 1 saturated carbocycles. The first-order valence-corrected chi connectivity index (χ1v) is 11.1. The highest BCUT2D eigenvalue weighted by atomic mass is 35.5. The van der Waals surface area contributed by atoms with Crippen molar-refractivity contribution < 1.29 is 8.78 Å². The van der Waals surface area contributed by atoms with Crippen LogP contribution in [0.3, 0.4) is 0 Å². The van der Waals surface area contributed by atoms with Crippen LogP contribution in [0.15, 0.2) is 36.1 Å². The Kier molecular flexibility index (Phi) is 8.39. The molecule has 1 aliphatic rings. The zero-order chi connectivity index (χ0) is 21.3. The predicted molar refractivity (Wildman–Crippen MR) is 118 cm³/mol. The molecule has 0 spiro atoms. The predicted octanol–water partition coefficient (Wildman–Crippen LogP) is 7.06. The fourth-order valence-electron chi connectivity index (χ4n) is 3.77. The van der Waals surface area contributed by atoms with Crippen molar-refractivity contribution in [2.24, 2.45) is 11.8 Å². The third kappa shape index (κ3) is 6.12. The number of aryl methyl sites for hydroxylation is 1. The van der Waals surface area contributed by atoms with Crippen molar-refractivity contribution in [3.63, 3.8) is 0 Å². The average molecular weight is 429 g/mol. The van der Waals surface area contributed by atoms with E-state index in [-0.39, 0.29) is 11.5 Å². The molecule has 30 heavy (non-hydrogen) atoms. The highest BCUT2D eigenvalue weighted by Crippen LogP contribution is 2.29. The Hall–Kier alpha value is -2.25. The maximum absolute atomic E-state index is 14.6. The van der Waals surface area contributed by atoms with E-state index in [0.717, 1.165) is 56.9 Å². The Balaban J connectivity index is 1.69. The molecule has 1 fully saturated rings. The molecule has 0 saturated heterocycles. The van der Waals surface area contributed by atoms with Gasteiger partial charge in [-0.15, -0.1) is 0 Å². The van der Waals surface area contributed by atoms with E-state index in [1.807, 2.05) is 6.08 Å². The topological polar surface area (TPSA) is 25.8 Å². The lowest BCUT2D eigenvalue weighted by Crippen LogP contribution is -2.11. The van der Waals surface area contributed by atoms with E-state index >= 15 is 0 Å². The van der Waals surface area contributed by atoms with Gasteiger partial charge >= 0.3 is 0 Å². The summed E-state index contributed by atoms with van der Waals surface area (Å²) < 4.78 is 29.2. The molecule has 3 rings (SSSR count). The molecule has 2 nitrogen and oxygen atoms in total. The van der Waals surface area contributed by atoms with Gasteiger partial charge in [-0.3, -0.25) is 0 Å². The second kappa shape index (κ2) is 11.2. The van der Waals surface area contributed by atoms with E-state index in [4.69, 9.17) is 11.6 Å². The molecule has 0 aliphatic heterocycles. The van der Waals surface area contributed by atoms with Crippen LogP contribution < -0.4 is 0 Å². The third-order valence-corrected chi connectivity index (χ3v) is 5.74. The fourth-order valence-corrected chi connectivity index (χ4v) is 3.97. The lowest BCUT2D eigenvalue weighted by Gasteiger charge is -2.22. The Bertz CT molecular complexity index is 897. The van der Waals surface area contributed by atoms with Gasteiger partial charge in [-0.2, -0.15) is 0 Å². The number of halogens is 3. The van der Waals surface area contributed by atoms with Crippen LogP contribution in [0.2, 0.25) is 0 Å². The summed E-state index contributed by atoms with van der Waals surface area (Å²) in [4.78, 5) is 8.57. The first kappa shape index (κ1) is 22.4. The second-order valence-corrected chi connectivity index (χ2v) is 8.14. The Morgan fingerprint density at radius 3 is 2.33 bits per heavy atom. The number of hydrogen-bond acceptors (Lipinski definition) is 2. The Labute approximate surface area is 182 Å². The van der Waals surface area contributed by atoms with Crippen LogP contribution in [0, 0.1) is 35.3 Å². The van der Waals surface area contributed by atoms with Gasteiger partial charge in [0, 0.05) is 29.4 Å². The second-order valence-electron chi connectivity index (χ2n) is 7.89. The first-order chi connectivity index (χ1) is 14.6. The standard InChI is InChI=1S/C25H27ClF2N2/c1-2-3-4-5-20-16-29-25(30-17-20)21-14-23(27)22(24(28)15-21)11-10-18-6-8-19(9-7-18)12-13-26/h12-19H,2-9H2,1H3/b13-12+. The van der Waals surface area contributed by atoms with Crippen molar-refractivity contribution >= 4 is 11.6 Å². The van der Waals surface area contributed by atoms with Gasteiger partial charge in [0.15, 0.2) is 5.82 Å². The number of unbranched alkanes of at least 4 members (excludes halogenated alkanes) is 2. The summed E-state index contributed by atoms with van der Waals surface area (Å²) in [6.45, 7) is 2.15. The van der Waals surface area contributed by atoms with Gasteiger partial charge in [0.05, 0.1) is 5.56 Å². The minimum atomic E-state index is -0.674. The van der Waals surface area contributed by atoms with E-state index in [1.165, 1.54) is 12.1 Å². The number of nitrogens with zero attached hydrogens (tertiary/aromatic N) is 2. The Morgan fingerprint density at radius 2 is 1.73 bits per heavy atom. The third-order valence-electron chi connectivity index (χ3n) is 5.59. The molecule has 1 aromatic heterocycles. The van der Waals surface area contributed by atoms with Gasteiger partial charge in [0.1, 0.15) is 11.6 Å². The molecule has 0 radical (unpaired) electrons. The number of rotatable bonds is 6. The number of hydrogen-bond donors (Lipinski definition) is 0. The van der Waals surface area contributed by atoms with Crippen molar-refractivity contribution in [1.82, 2.24) is 9.97 Å². The molecule has 1 aromatic carbocycles. The lowest BCUT2D eigenvalue weighted by atomic mass is 9.82. The molecule has 0 unspecified atom stereocenters. The van der Waals surface area contributed by atoms with Crippen LogP contribution in [0.5, 0.6) is 0 Å². The molecule has 2 aromatic rings. The van der Waals surface area contributed by atoms with Crippen LogP contribution in [0.25, 0.3) is 11.4 Å². The van der Waals surface area contributed by atoms with Crippen molar-refractivity contribution in [1.29, 1.82) is 0 Å². The molecule has 1 aliphatic carbocycles. The van der Waals surface area contributed by atoms with Crippen molar-refractivity contribution in [3.8, 4) is 23.2 Å². The zero-order valence-corrected chi connectivity index (χ0v) is 18.1. The van der Waals surface area contributed by atoms with Crippen LogP contribution in [-0.4, -0.2) is 9.97 Å². The maximum atomic E-state index is 14.6. The molecule has 0 N–H and O–H groups in total. The number of allylic oxidation sites excluding steroid dienone is 1. The van der Waals surface area contributed by atoms with Crippen LogP contribution >= 0.6 is 11.6 Å². The summed E-state index contributed by atoms with van der Waals surface area (Å²) in [5, 5.41) is 0. The van der Waals surface area contributed by atoms with Crippen molar-refractivity contribution in [3.05, 3.63) is 58.9 Å². The minimum Gasteiger partial charge on any atom is -0.236 e. The van der Waals surface area contributed by atoms with E-state index in [1.54, 1.807) is 17.9 Å². The van der Waals surface area contributed by atoms with Crippen LogP contribution in [-0.2, 0) is 6.42 Å². The monoisotopic (exact) mass is 428 g/mol. The molecule has 5 heteroatoms. The summed E-state index contributed by atoms with van der Waals surface area (Å²) in [6.07, 6.45) is 13.6. The van der Waals surface area contributed by atoms with Gasteiger partial charge in [0.25, 0.3) is 0 Å². The fraction of sp³-hybridized carbons (Fsp3) is 0.440. The van der Waals surface area contributed by atoms with Crippen LogP contribution in [0.4, 0.5) is 8.78 Å². The summed E-state index contributed by atoms with van der Waals surface area (Å²) in [5.41, 5.74) is 2.74. The van der Waals surface area contributed by atoms with E-state index < -0.39 is 11.6 Å². The molecule has 158 valence electrons. The van der Waals surface area contributed by atoms with Gasteiger partial charge in [0.2, 0.25) is 0 Å². The van der Waals surface area contributed by atoms with Crippen molar-refractivity contribution in [2.45, 2.75) is 58.3 Å². The van der Waals surface area contributed by atoms with E-state index in [0.29, 0.717) is 17.3 Å². The highest BCUT2D eigenvalue weighted by molar-refractivity contribution is 6.25. The van der Waals surface area contributed by atoms with Gasteiger partial charge in [-0.05, 0) is 62.1 Å². The first-order valence-electron chi connectivity index (χ1n) is 10.7. The van der Waals surface area contributed by atoms with Gasteiger partial charge < -0.3 is 0 Å². The van der Waals surface area contributed by atoms with Crippen molar-refractivity contribution in [2.75, 3.05) is 0 Å². The van der Waals surface area contributed by atoms with E-state index in [2.05, 4.69) is 28.7 Å². The SMILES string of the molecule is CCCCCc1cnc(-c2cc(F)c(C#CC3CCC(/C=C/Cl)CC3)c(F)c2)nc1. The number of aromatic nitrogens is 2. The summed E-state index contributed by atoms with van der Waals surface area (Å²) in [7, 11) is 0. The Morgan fingerprint density at radius 1 is 1.07 bits per heavy atom. The maximum Gasteiger partial charge on any atom is 0.159 e. The molecule has 0 bridgehead atoms. The summed E-state index contributed by atoms with van der Waals surface area (Å²) >= 11 is 5.64. The smallest absolute Gasteiger partial charge is 0.159 e. The molecule has 1 heterocycles. The molecule has 0 amide bonds. The number of benzene rings is 1. The van der Waals surface area contributed by atoms with E-state index in [9.17, 15) is 8.78 Å². The van der Waals surface area contributed by atoms with Gasteiger partial charge in [-0.1, -0.05) is 49.3 Å². The quantitative estimate of drug-likeness (QED) is 0.363. The molecular weight excluding hydrogens is 402 g/mol. The minimum absolute atomic E-state index is 0.159. The van der Waals surface area contributed by atoms with Gasteiger partial charge in [-0.25, -0.2) is 18.7 Å². The summed E-state index contributed by atoms with van der Waals surface area (Å²) in [5.74, 6) is 5.39. The summed E-state index contributed by atoms with van der Waals surface area (Å²) in [6, 6.07) is 2.53. The average Bonchev–Trinajstić information content (AvgIpc) is 2.75. The lowest BCUT2D eigenvalue weighted by molar-refractivity contribution is 0.365.